The van der Waals surface area contributed by atoms with E-state index in [-0.39, 0.29) is 5.82 Å². The number of aryl methyl sites for hydroxylation is 2. The van der Waals surface area contributed by atoms with E-state index in [9.17, 15) is 4.39 Å². The molecule has 136 valence electrons. The maximum atomic E-state index is 14.1. The molecule has 25 heavy (non-hydrogen) atoms. The van der Waals surface area contributed by atoms with Crippen molar-refractivity contribution in [1.82, 2.24) is 20.2 Å². The van der Waals surface area contributed by atoms with Gasteiger partial charge in [-0.15, -0.1) is 0 Å². The molecule has 3 heterocycles. The van der Waals surface area contributed by atoms with Gasteiger partial charge in [0.15, 0.2) is 11.6 Å². The summed E-state index contributed by atoms with van der Waals surface area (Å²) in [4.78, 5) is 12.5. The third kappa shape index (κ3) is 4.07. The molecule has 0 aromatic carbocycles. The Hall–Kier alpha value is -2.22. The Morgan fingerprint density at radius 3 is 2.76 bits per heavy atom. The molecular formula is C17H25FN6O. The van der Waals surface area contributed by atoms with Crippen LogP contribution < -0.4 is 9.80 Å². The minimum Gasteiger partial charge on any atom is -0.378 e. The number of aromatic amines is 1. The van der Waals surface area contributed by atoms with Crippen LogP contribution in [0.3, 0.4) is 0 Å². The molecule has 0 atom stereocenters. The smallest absolute Gasteiger partial charge is 0.227 e. The van der Waals surface area contributed by atoms with Gasteiger partial charge in [-0.2, -0.15) is 10.1 Å². The van der Waals surface area contributed by atoms with Gasteiger partial charge in [-0.1, -0.05) is 0 Å². The largest absolute Gasteiger partial charge is 0.378 e. The fourth-order valence-corrected chi connectivity index (χ4v) is 3.07. The Kier molecular flexibility index (Phi) is 5.47. The molecule has 3 rings (SSSR count). The van der Waals surface area contributed by atoms with E-state index < -0.39 is 0 Å². The van der Waals surface area contributed by atoms with Crippen LogP contribution in [-0.4, -0.2) is 60.1 Å². The predicted molar refractivity (Wildman–Crippen MR) is 94.7 cm³/mol. The zero-order chi connectivity index (χ0) is 17.8. The quantitative estimate of drug-likeness (QED) is 0.859. The summed E-state index contributed by atoms with van der Waals surface area (Å²) in [6, 6.07) is 0. The summed E-state index contributed by atoms with van der Waals surface area (Å²) in [5.74, 6) is 0.522. The Morgan fingerprint density at radius 2 is 2.08 bits per heavy atom. The molecule has 7 nitrogen and oxygen atoms in total. The molecule has 0 amide bonds. The number of rotatable bonds is 6. The second-order valence-corrected chi connectivity index (χ2v) is 6.38. The number of anilines is 2. The topological polar surface area (TPSA) is 70.2 Å². The van der Waals surface area contributed by atoms with Crippen molar-refractivity contribution in [2.24, 2.45) is 0 Å². The molecule has 0 saturated carbocycles. The minimum absolute atomic E-state index is 0.363. The zero-order valence-corrected chi connectivity index (χ0v) is 15.0. The molecule has 2 aromatic heterocycles. The number of hydrogen-bond donors (Lipinski definition) is 1. The van der Waals surface area contributed by atoms with Gasteiger partial charge in [0, 0.05) is 32.4 Å². The molecular weight excluding hydrogens is 323 g/mol. The average molecular weight is 348 g/mol. The van der Waals surface area contributed by atoms with Crippen molar-refractivity contribution in [3.63, 3.8) is 0 Å². The summed E-state index contributed by atoms with van der Waals surface area (Å²) in [5.41, 5.74) is 3.43. The third-order valence-electron chi connectivity index (χ3n) is 4.57. The Labute approximate surface area is 147 Å². The van der Waals surface area contributed by atoms with E-state index in [2.05, 4.69) is 20.2 Å². The van der Waals surface area contributed by atoms with Crippen molar-refractivity contribution < 1.29 is 9.13 Å². The van der Waals surface area contributed by atoms with Crippen LogP contribution in [0.15, 0.2) is 6.20 Å². The number of ether oxygens (including phenoxy) is 1. The highest BCUT2D eigenvalue weighted by Crippen LogP contribution is 2.20. The molecule has 0 unspecified atom stereocenters. The minimum atomic E-state index is -0.385. The highest BCUT2D eigenvalue weighted by atomic mass is 19.1. The number of H-pyrrole nitrogens is 1. The molecule has 1 aliphatic rings. The summed E-state index contributed by atoms with van der Waals surface area (Å²) in [7, 11) is 1.94. The molecule has 1 N–H and O–H groups in total. The lowest BCUT2D eigenvalue weighted by molar-refractivity contribution is 0.122. The first-order valence-electron chi connectivity index (χ1n) is 8.63. The third-order valence-corrected chi connectivity index (χ3v) is 4.57. The van der Waals surface area contributed by atoms with Gasteiger partial charge in [-0.25, -0.2) is 9.37 Å². The number of aromatic nitrogens is 4. The fraction of sp³-hybridized carbons (Fsp3) is 0.588. The van der Waals surface area contributed by atoms with Gasteiger partial charge in [0.05, 0.1) is 25.1 Å². The lowest BCUT2D eigenvalue weighted by atomic mass is 10.1. The Bertz CT molecular complexity index is 694. The molecule has 1 saturated heterocycles. The van der Waals surface area contributed by atoms with E-state index in [1.54, 1.807) is 0 Å². The van der Waals surface area contributed by atoms with E-state index >= 15 is 0 Å². The van der Waals surface area contributed by atoms with Crippen LogP contribution in [0.4, 0.5) is 16.2 Å². The summed E-state index contributed by atoms with van der Waals surface area (Å²) >= 11 is 0. The average Bonchev–Trinajstić information content (AvgIpc) is 2.94. The van der Waals surface area contributed by atoms with Crippen molar-refractivity contribution in [2.45, 2.75) is 26.7 Å². The van der Waals surface area contributed by atoms with Crippen LogP contribution >= 0.6 is 0 Å². The lowest BCUT2D eigenvalue weighted by Crippen LogP contribution is -2.37. The highest BCUT2D eigenvalue weighted by molar-refractivity contribution is 5.45. The first-order valence-corrected chi connectivity index (χ1v) is 8.63. The number of morpholine rings is 1. The van der Waals surface area contributed by atoms with E-state index in [0.29, 0.717) is 38.1 Å². The number of halogens is 1. The zero-order valence-electron chi connectivity index (χ0n) is 15.0. The lowest BCUT2D eigenvalue weighted by Gasteiger charge is -2.28. The SMILES string of the molecule is Cc1n[nH]c(C)c1CCCN(C)c1ncc(F)c(N2CCOCC2)n1. The summed E-state index contributed by atoms with van der Waals surface area (Å²) in [5, 5.41) is 7.24. The van der Waals surface area contributed by atoms with E-state index in [1.165, 1.54) is 11.8 Å². The van der Waals surface area contributed by atoms with E-state index in [1.807, 2.05) is 30.7 Å². The normalized spacial score (nSPS) is 14.8. The van der Waals surface area contributed by atoms with Crippen molar-refractivity contribution >= 4 is 11.8 Å². The van der Waals surface area contributed by atoms with Gasteiger partial charge in [0.1, 0.15) is 0 Å². The van der Waals surface area contributed by atoms with Crippen LogP contribution in [0.2, 0.25) is 0 Å². The second kappa shape index (κ2) is 7.77. The monoisotopic (exact) mass is 348 g/mol. The summed E-state index contributed by atoms with van der Waals surface area (Å²) < 4.78 is 19.4. The van der Waals surface area contributed by atoms with Gasteiger partial charge in [0.2, 0.25) is 5.95 Å². The van der Waals surface area contributed by atoms with E-state index in [4.69, 9.17) is 4.74 Å². The first kappa shape index (κ1) is 17.6. The Balaban J connectivity index is 1.62. The molecule has 0 aliphatic carbocycles. The molecule has 8 heteroatoms. The number of nitrogens with zero attached hydrogens (tertiary/aromatic N) is 5. The fourth-order valence-electron chi connectivity index (χ4n) is 3.07. The van der Waals surface area contributed by atoms with Crippen molar-refractivity contribution in [2.75, 3.05) is 49.7 Å². The molecule has 1 aliphatic heterocycles. The number of nitrogens with one attached hydrogen (secondary N) is 1. The van der Waals surface area contributed by atoms with E-state index in [0.717, 1.165) is 30.8 Å². The standard InChI is InChI=1S/C17H25FN6O/c1-12-14(13(2)22-21-12)5-4-6-23(3)17-19-11-15(18)16(20-17)24-7-9-25-10-8-24/h11H,4-10H2,1-3H3,(H,21,22). The maximum Gasteiger partial charge on any atom is 0.227 e. The van der Waals surface area contributed by atoms with Gasteiger partial charge >= 0.3 is 0 Å². The molecule has 0 spiro atoms. The van der Waals surface area contributed by atoms with Gasteiger partial charge < -0.3 is 14.5 Å². The van der Waals surface area contributed by atoms with Crippen LogP contribution in [0.25, 0.3) is 0 Å². The molecule has 0 radical (unpaired) electrons. The maximum absolute atomic E-state index is 14.1. The predicted octanol–water partition coefficient (Wildman–Crippen LogP) is 1.86. The van der Waals surface area contributed by atoms with Gasteiger partial charge in [-0.3, -0.25) is 5.10 Å². The first-order chi connectivity index (χ1) is 12.1. The second-order valence-electron chi connectivity index (χ2n) is 6.38. The molecule has 1 fully saturated rings. The van der Waals surface area contributed by atoms with Crippen molar-refractivity contribution in [3.05, 3.63) is 29.0 Å². The number of hydrogen-bond acceptors (Lipinski definition) is 6. The van der Waals surface area contributed by atoms with Crippen molar-refractivity contribution in [3.8, 4) is 0 Å². The summed E-state index contributed by atoms with van der Waals surface area (Å²) in [6.07, 6.45) is 3.15. The Morgan fingerprint density at radius 1 is 1.32 bits per heavy atom. The van der Waals surface area contributed by atoms with Crippen LogP contribution in [0.1, 0.15) is 23.4 Å². The van der Waals surface area contributed by atoms with Crippen LogP contribution in [0.5, 0.6) is 0 Å². The summed E-state index contributed by atoms with van der Waals surface area (Å²) in [6.45, 7) is 7.33. The van der Waals surface area contributed by atoms with Crippen molar-refractivity contribution in [1.29, 1.82) is 0 Å². The van der Waals surface area contributed by atoms with Gasteiger partial charge in [0.25, 0.3) is 0 Å². The van der Waals surface area contributed by atoms with Crippen LogP contribution in [0, 0.1) is 19.7 Å². The molecule has 2 aromatic rings. The van der Waals surface area contributed by atoms with Gasteiger partial charge in [-0.05, 0) is 32.3 Å². The van der Waals surface area contributed by atoms with Crippen LogP contribution in [-0.2, 0) is 11.2 Å². The molecule has 0 bridgehead atoms. The highest BCUT2D eigenvalue weighted by Gasteiger charge is 2.19.